The summed E-state index contributed by atoms with van der Waals surface area (Å²) in [4.78, 5) is 8.34. The van der Waals surface area contributed by atoms with Crippen molar-refractivity contribution >= 4 is 5.95 Å². The van der Waals surface area contributed by atoms with Crippen LogP contribution in [-0.2, 0) is 19.5 Å². The Morgan fingerprint density at radius 2 is 2.15 bits per heavy atom. The Bertz CT molecular complexity index is 323. The van der Waals surface area contributed by atoms with Crippen LogP contribution in [0.15, 0.2) is 0 Å². The second-order valence-electron chi connectivity index (χ2n) is 3.10. The Kier molecular flexibility index (Phi) is 2.12. The van der Waals surface area contributed by atoms with Crippen LogP contribution >= 0.6 is 0 Å². The van der Waals surface area contributed by atoms with E-state index >= 15 is 0 Å². The largest absolute Gasteiger partial charge is 0.368 e. The van der Waals surface area contributed by atoms with Gasteiger partial charge in [-0.2, -0.15) is 0 Å². The van der Waals surface area contributed by atoms with Crippen molar-refractivity contribution in [2.75, 3.05) is 12.3 Å². The first-order chi connectivity index (χ1) is 6.31. The fourth-order valence-corrected chi connectivity index (χ4v) is 1.60. The van der Waals surface area contributed by atoms with E-state index in [4.69, 9.17) is 11.5 Å². The molecule has 5 heteroatoms. The highest BCUT2D eigenvalue weighted by Crippen LogP contribution is 2.17. The number of rotatable bonds is 2. The van der Waals surface area contributed by atoms with Crippen molar-refractivity contribution in [3.8, 4) is 0 Å². The maximum absolute atomic E-state index is 5.57. The number of nitrogens with two attached hydrogens (primary N) is 2. The zero-order chi connectivity index (χ0) is 9.26. The molecule has 0 radical (unpaired) electrons. The summed E-state index contributed by atoms with van der Waals surface area (Å²) in [6, 6.07) is 0. The van der Waals surface area contributed by atoms with E-state index in [1.54, 1.807) is 0 Å². The highest BCUT2D eigenvalue weighted by Gasteiger charge is 2.17. The third kappa shape index (κ3) is 1.48. The average molecular weight is 179 g/mol. The molecule has 1 aliphatic heterocycles. The van der Waals surface area contributed by atoms with Gasteiger partial charge in [0.15, 0.2) is 0 Å². The lowest BCUT2D eigenvalue weighted by molar-refractivity contribution is 0.754. The molecule has 0 spiro atoms. The molecule has 0 bridgehead atoms. The summed E-state index contributed by atoms with van der Waals surface area (Å²) in [6.07, 6.45) is 0.775. The third-order valence-electron chi connectivity index (χ3n) is 2.17. The molecule has 70 valence electrons. The lowest BCUT2D eigenvalue weighted by Crippen LogP contribution is -2.10. The van der Waals surface area contributed by atoms with Crippen molar-refractivity contribution in [3.63, 3.8) is 0 Å². The molecular formula is C8H13N5. The lowest BCUT2D eigenvalue weighted by atomic mass is 10.1. The Balaban J connectivity index is 2.43. The van der Waals surface area contributed by atoms with Gasteiger partial charge in [0.25, 0.3) is 0 Å². The number of nitrogen functional groups attached to an aromatic ring is 1. The summed E-state index contributed by atoms with van der Waals surface area (Å²) in [5.41, 5.74) is 14.3. The van der Waals surface area contributed by atoms with Crippen molar-refractivity contribution in [1.82, 2.24) is 15.3 Å². The van der Waals surface area contributed by atoms with Gasteiger partial charge in [-0.1, -0.05) is 0 Å². The van der Waals surface area contributed by atoms with Crippen LogP contribution in [0.2, 0.25) is 0 Å². The number of aromatic nitrogens is 2. The Morgan fingerprint density at radius 3 is 2.92 bits per heavy atom. The molecule has 13 heavy (non-hydrogen) atoms. The molecule has 0 aromatic carbocycles. The highest BCUT2D eigenvalue weighted by molar-refractivity contribution is 5.34. The summed E-state index contributed by atoms with van der Waals surface area (Å²) in [6.45, 7) is 2.23. The van der Waals surface area contributed by atoms with Crippen LogP contribution in [0.4, 0.5) is 5.95 Å². The Morgan fingerprint density at radius 1 is 1.31 bits per heavy atom. The quantitative estimate of drug-likeness (QED) is 0.551. The van der Waals surface area contributed by atoms with E-state index in [0.717, 1.165) is 30.9 Å². The molecule has 0 saturated carbocycles. The van der Waals surface area contributed by atoms with Crippen molar-refractivity contribution in [2.24, 2.45) is 5.73 Å². The summed E-state index contributed by atoms with van der Waals surface area (Å²) in [5.74, 6) is 0.353. The monoisotopic (exact) mass is 179 g/mol. The van der Waals surface area contributed by atoms with Crippen molar-refractivity contribution in [2.45, 2.75) is 19.5 Å². The van der Waals surface area contributed by atoms with Crippen LogP contribution in [0.1, 0.15) is 17.0 Å². The molecule has 0 saturated heterocycles. The summed E-state index contributed by atoms with van der Waals surface area (Å²) in [5, 5.41) is 3.21. The van der Waals surface area contributed by atoms with E-state index in [1.807, 2.05) is 0 Å². The smallest absolute Gasteiger partial charge is 0.220 e. The van der Waals surface area contributed by atoms with Gasteiger partial charge in [0.1, 0.15) is 0 Å². The van der Waals surface area contributed by atoms with Gasteiger partial charge in [0.2, 0.25) is 5.95 Å². The van der Waals surface area contributed by atoms with Crippen LogP contribution in [-0.4, -0.2) is 16.5 Å². The molecule has 2 rings (SSSR count). The van der Waals surface area contributed by atoms with Crippen molar-refractivity contribution < 1.29 is 0 Å². The third-order valence-corrected chi connectivity index (χ3v) is 2.17. The van der Waals surface area contributed by atoms with E-state index in [-0.39, 0.29) is 0 Å². The molecule has 1 aromatic rings. The number of nitrogens with one attached hydrogen (secondary N) is 1. The predicted molar refractivity (Wildman–Crippen MR) is 49.7 cm³/mol. The van der Waals surface area contributed by atoms with Crippen molar-refractivity contribution in [1.29, 1.82) is 0 Å². The fourth-order valence-electron chi connectivity index (χ4n) is 1.60. The first-order valence-corrected chi connectivity index (χ1v) is 4.36. The van der Waals surface area contributed by atoms with Crippen LogP contribution < -0.4 is 16.8 Å². The molecule has 0 fully saturated rings. The first-order valence-electron chi connectivity index (χ1n) is 4.36. The van der Waals surface area contributed by atoms with E-state index in [1.165, 1.54) is 5.56 Å². The van der Waals surface area contributed by atoms with Gasteiger partial charge in [-0.05, 0) is 6.54 Å². The van der Waals surface area contributed by atoms with Crippen LogP contribution in [0.5, 0.6) is 0 Å². The van der Waals surface area contributed by atoms with Crippen LogP contribution in [0.3, 0.4) is 0 Å². The normalized spacial score (nSPS) is 14.5. The molecule has 5 N–H and O–H groups in total. The van der Waals surface area contributed by atoms with E-state index < -0.39 is 0 Å². The summed E-state index contributed by atoms with van der Waals surface area (Å²) in [7, 11) is 0. The number of hydrogen-bond donors (Lipinski definition) is 3. The van der Waals surface area contributed by atoms with Crippen LogP contribution in [0.25, 0.3) is 0 Å². The van der Waals surface area contributed by atoms with Gasteiger partial charge in [-0.3, -0.25) is 0 Å². The van der Waals surface area contributed by atoms with E-state index in [0.29, 0.717) is 12.5 Å². The number of nitrogens with zero attached hydrogens (tertiary/aromatic N) is 2. The molecule has 5 nitrogen and oxygen atoms in total. The van der Waals surface area contributed by atoms with Crippen molar-refractivity contribution in [3.05, 3.63) is 17.0 Å². The summed E-state index contributed by atoms with van der Waals surface area (Å²) >= 11 is 0. The molecule has 0 atom stereocenters. The van der Waals surface area contributed by atoms with E-state index in [2.05, 4.69) is 15.3 Å². The van der Waals surface area contributed by atoms with Crippen LogP contribution in [0, 0.1) is 0 Å². The minimum Gasteiger partial charge on any atom is -0.368 e. The topological polar surface area (TPSA) is 89.8 Å². The van der Waals surface area contributed by atoms with Gasteiger partial charge in [0, 0.05) is 25.1 Å². The lowest BCUT2D eigenvalue weighted by Gasteiger charge is -2.05. The average Bonchev–Trinajstić information content (AvgIpc) is 2.52. The van der Waals surface area contributed by atoms with Gasteiger partial charge < -0.3 is 16.8 Å². The highest BCUT2D eigenvalue weighted by atomic mass is 15.0. The van der Waals surface area contributed by atoms with E-state index in [9.17, 15) is 0 Å². The Hall–Kier alpha value is -1.20. The molecule has 0 amide bonds. The SMILES string of the molecule is NCCc1nc(N)nc2c1CNC2. The Labute approximate surface area is 76.6 Å². The minimum atomic E-state index is 0.353. The molecule has 2 heterocycles. The molecule has 0 unspecified atom stereocenters. The maximum atomic E-state index is 5.57. The maximum Gasteiger partial charge on any atom is 0.220 e. The predicted octanol–water partition coefficient (Wildman–Crippen LogP) is -0.837. The zero-order valence-corrected chi connectivity index (χ0v) is 7.38. The van der Waals surface area contributed by atoms with Gasteiger partial charge >= 0.3 is 0 Å². The summed E-state index contributed by atoms with van der Waals surface area (Å²) < 4.78 is 0. The van der Waals surface area contributed by atoms with Gasteiger partial charge in [-0.15, -0.1) is 0 Å². The molecular weight excluding hydrogens is 166 g/mol. The molecule has 1 aromatic heterocycles. The second kappa shape index (κ2) is 3.27. The minimum absolute atomic E-state index is 0.353. The van der Waals surface area contributed by atoms with Gasteiger partial charge in [-0.25, -0.2) is 9.97 Å². The fraction of sp³-hybridized carbons (Fsp3) is 0.500. The molecule has 1 aliphatic rings. The number of anilines is 1. The number of fused-ring (bicyclic) bond motifs is 1. The second-order valence-corrected chi connectivity index (χ2v) is 3.10. The standard InChI is InChI=1S/C8H13N5/c9-2-1-6-5-3-11-4-7(5)13-8(10)12-6/h11H,1-4,9H2,(H2,10,12,13). The first kappa shape index (κ1) is 8.40. The number of hydrogen-bond acceptors (Lipinski definition) is 5. The molecule has 0 aliphatic carbocycles. The zero-order valence-electron chi connectivity index (χ0n) is 7.38. The van der Waals surface area contributed by atoms with Gasteiger partial charge in [0.05, 0.1) is 11.4 Å².